The highest BCUT2D eigenvalue weighted by Gasteiger charge is 2.26. The smallest absolute Gasteiger partial charge is 0.272 e. The summed E-state index contributed by atoms with van der Waals surface area (Å²) in [5.41, 5.74) is 1.51. The topological polar surface area (TPSA) is 63.9 Å². The van der Waals surface area contributed by atoms with Crippen molar-refractivity contribution in [1.29, 1.82) is 0 Å². The zero-order valence-corrected chi connectivity index (χ0v) is 16.8. The second-order valence-corrected chi connectivity index (χ2v) is 8.75. The third kappa shape index (κ3) is 3.91. The van der Waals surface area contributed by atoms with E-state index in [4.69, 9.17) is 0 Å². The van der Waals surface area contributed by atoms with E-state index in [1.165, 1.54) is 0 Å². The summed E-state index contributed by atoms with van der Waals surface area (Å²) in [6, 6.07) is 9.89. The van der Waals surface area contributed by atoms with Gasteiger partial charge in [0.1, 0.15) is 5.69 Å². The molecule has 6 nitrogen and oxygen atoms in total. The minimum absolute atomic E-state index is 0.00539. The van der Waals surface area contributed by atoms with Crippen molar-refractivity contribution in [2.75, 3.05) is 13.1 Å². The number of benzene rings is 1. The lowest BCUT2D eigenvalue weighted by atomic mass is 9.93. The Morgan fingerprint density at radius 1 is 1.21 bits per heavy atom. The molecular formula is C22H27N5O. The van der Waals surface area contributed by atoms with Crippen molar-refractivity contribution in [3.8, 4) is 0 Å². The molecule has 1 atom stereocenters. The van der Waals surface area contributed by atoms with Crippen molar-refractivity contribution in [1.82, 2.24) is 24.9 Å². The Kier molecular flexibility index (Phi) is 4.87. The predicted molar refractivity (Wildman–Crippen MR) is 109 cm³/mol. The monoisotopic (exact) mass is 377 g/mol. The van der Waals surface area contributed by atoms with Gasteiger partial charge in [-0.1, -0.05) is 50.3 Å². The Morgan fingerprint density at radius 2 is 2.00 bits per heavy atom. The third-order valence-corrected chi connectivity index (χ3v) is 5.41. The largest absolute Gasteiger partial charge is 0.337 e. The molecule has 0 radical (unpaired) electrons. The van der Waals surface area contributed by atoms with Crippen molar-refractivity contribution < 1.29 is 4.79 Å². The molecule has 1 fully saturated rings. The van der Waals surface area contributed by atoms with Crippen LogP contribution in [0.25, 0.3) is 10.8 Å². The van der Waals surface area contributed by atoms with E-state index in [0.717, 1.165) is 48.9 Å². The molecule has 0 N–H and O–H groups in total. The van der Waals surface area contributed by atoms with Crippen molar-refractivity contribution in [2.24, 2.45) is 5.92 Å². The summed E-state index contributed by atoms with van der Waals surface area (Å²) in [4.78, 5) is 19.3. The van der Waals surface area contributed by atoms with Crippen LogP contribution in [-0.2, 0) is 12.0 Å². The van der Waals surface area contributed by atoms with Gasteiger partial charge in [0.05, 0.1) is 5.69 Å². The van der Waals surface area contributed by atoms with Crippen LogP contribution in [0, 0.1) is 5.92 Å². The average molecular weight is 377 g/mol. The molecule has 3 aromatic rings. The first kappa shape index (κ1) is 18.6. The summed E-state index contributed by atoms with van der Waals surface area (Å²) in [6.07, 6.45) is 5.92. The highest BCUT2D eigenvalue weighted by atomic mass is 16.2. The van der Waals surface area contributed by atoms with Gasteiger partial charge >= 0.3 is 0 Å². The van der Waals surface area contributed by atoms with Crippen LogP contribution in [0.3, 0.4) is 0 Å². The molecule has 3 heterocycles. The number of nitrogens with zero attached hydrogens (tertiary/aromatic N) is 5. The molecule has 1 unspecified atom stereocenters. The first-order chi connectivity index (χ1) is 13.4. The Balaban J connectivity index is 1.45. The minimum Gasteiger partial charge on any atom is -0.337 e. The van der Waals surface area contributed by atoms with E-state index in [-0.39, 0.29) is 11.3 Å². The number of carbonyl (C=O) groups excluding carboxylic acids is 1. The van der Waals surface area contributed by atoms with Gasteiger partial charge < -0.3 is 4.90 Å². The third-order valence-electron chi connectivity index (χ3n) is 5.41. The summed E-state index contributed by atoms with van der Waals surface area (Å²) in [5.74, 6) is 0.400. The second kappa shape index (κ2) is 7.34. The van der Waals surface area contributed by atoms with E-state index in [0.29, 0.717) is 11.6 Å². The summed E-state index contributed by atoms with van der Waals surface area (Å²) in [7, 11) is 0. The number of hydrogen-bond acceptors (Lipinski definition) is 4. The number of aromatic nitrogens is 4. The number of fused-ring (bicyclic) bond motifs is 1. The van der Waals surface area contributed by atoms with Gasteiger partial charge in [-0.2, -0.15) is 0 Å². The fraction of sp³-hybridized carbons (Fsp3) is 0.455. The van der Waals surface area contributed by atoms with Crippen LogP contribution < -0.4 is 0 Å². The molecule has 146 valence electrons. The maximum absolute atomic E-state index is 13.0. The molecule has 28 heavy (non-hydrogen) atoms. The predicted octanol–water partition coefficient (Wildman–Crippen LogP) is 3.68. The highest BCUT2D eigenvalue weighted by molar-refractivity contribution is 5.96. The normalized spacial score (nSPS) is 17.8. The number of amides is 1. The van der Waals surface area contributed by atoms with Crippen LogP contribution in [-0.4, -0.2) is 43.9 Å². The molecule has 1 aliphatic rings. The molecule has 1 saturated heterocycles. The molecule has 0 saturated carbocycles. The summed E-state index contributed by atoms with van der Waals surface area (Å²) in [6.45, 7) is 8.72. The van der Waals surface area contributed by atoms with E-state index in [9.17, 15) is 4.79 Å². The molecule has 0 spiro atoms. The van der Waals surface area contributed by atoms with E-state index >= 15 is 0 Å². The molecule has 4 rings (SSSR count). The molecule has 1 aromatic carbocycles. The molecule has 2 aromatic heterocycles. The standard InChI is InChI=1S/C22H27N5O/c1-22(2,3)20-15-27(25-24-20)14-16-7-6-10-26(13-16)21(28)19-11-17-8-4-5-9-18(17)12-23-19/h4-5,8-9,11-12,15-16H,6-7,10,13-14H2,1-3H3. The van der Waals surface area contributed by atoms with Crippen molar-refractivity contribution in [2.45, 2.75) is 45.6 Å². The van der Waals surface area contributed by atoms with Gasteiger partial charge in [-0.15, -0.1) is 5.10 Å². The maximum Gasteiger partial charge on any atom is 0.272 e. The van der Waals surface area contributed by atoms with Crippen LogP contribution in [0.15, 0.2) is 42.7 Å². The quantitative estimate of drug-likeness (QED) is 0.698. The molecule has 1 amide bonds. The summed E-state index contributed by atoms with van der Waals surface area (Å²) in [5, 5.41) is 10.7. The van der Waals surface area contributed by atoms with E-state index in [1.54, 1.807) is 6.20 Å². The van der Waals surface area contributed by atoms with E-state index in [1.807, 2.05) is 46.1 Å². The average Bonchev–Trinajstić information content (AvgIpc) is 3.16. The van der Waals surface area contributed by atoms with Crippen LogP contribution in [0.5, 0.6) is 0 Å². The van der Waals surface area contributed by atoms with Gasteiger partial charge in [0, 0.05) is 42.8 Å². The van der Waals surface area contributed by atoms with Crippen LogP contribution in [0.2, 0.25) is 0 Å². The van der Waals surface area contributed by atoms with Gasteiger partial charge in [0.15, 0.2) is 0 Å². The van der Waals surface area contributed by atoms with E-state index < -0.39 is 0 Å². The fourth-order valence-corrected chi connectivity index (χ4v) is 3.76. The van der Waals surface area contributed by atoms with Crippen molar-refractivity contribution in [3.63, 3.8) is 0 Å². The van der Waals surface area contributed by atoms with Crippen molar-refractivity contribution in [3.05, 3.63) is 54.1 Å². The Morgan fingerprint density at radius 3 is 2.75 bits per heavy atom. The number of carbonyl (C=O) groups is 1. The fourth-order valence-electron chi connectivity index (χ4n) is 3.76. The minimum atomic E-state index is -0.00539. The lowest BCUT2D eigenvalue weighted by Gasteiger charge is -2.32. The first-order valence-electron chi connectivity index (χ1n) is 9.95. The Hall–Kier alpha value is -2.76. The van der Waals surface area contributed by atoms with Gasteiger partial charge in [-0.3, -0.25) is 14.5 Å². The first-order valence-corrected chi connectivity index (χ1v) is 9.95. The zero-order valence-electron chi connectivity index (χ0n) is 16.8. The van der Waals surface area contributed by atoms with Gasteiger partial charge in [-0.05, 0) is 30.2 Å². The molecule has 0 bridgehead atoms. The second-order valence-electron chi connectivity index (χ2n) is 8.75. The molecule has 0 aliphatic carbocycles. The maximum atomic E-state index is 13.0. The van der Waals surface area contributed by atoms with Crippen molar-refractivity contribution >= 4 is 16.7 Å². The molecule has 1 aliphatic heterocycles. The highest BCUT2D eigenvalue weighted by Crippen LogP contribution is 2.23. The Bertz CT molecular complexity index is 988. The lowest BCUT2D eigenvalue weighted by molar-refractivity contribution is 0.0653. The SMILES string of the molecule is CC(C)(C)c1cn(CC2CCCN(C(=O)c3cc4ccccc4cn3)C2)nn1. The van der Waals surface area contributed by atoms with Gasteiger partial charge in [0.25, 0.3) is 5.91 Å². The summed E-state index contributed by atoms with van der Waals surface area (Å²) >= 11 is 0. The molecule has 6 heteroatoms. The number of piperidine rings is 1. The zero-order chi connectivity index (χ0) is 19.7. The molecular weight excluding hydrogens is 350 g/mol. The number of rotatable bonds is 3. The van der Waals surface area contributed by atoms with Gasteiger partial charge in [0.2, 0.25) is 0 Å². The summed E-state index contributed by atoms with van der Waals surface area (Å²) < 4.78 is 1.92. The van der Waals surface area contributed by atoms with Crippen LogP contribution in [0.4, 0.5) is 0 Å². The number of likely N-dealkylation sites (tertiary alicyclic amines) is 1. The van der Waals surface area contributed by atoms with Crippen LogP contribution >= 0.6 is 0 Å². The van der Waals surface area contributed by atoms with Crippen LogP contribution in [0.1, 0.15) is 49.8 Å². The van der Waals surface area contributed by atoms with Gasteiger partial charge in [-0.25, -0.2) is 0 Å². The number of hydrogen-bond donors (Lipinski definition) is 0. The van der Waals surface area contributed by atoms with E-state index in [2.05, 4.69) is 36.1 Å². The number of pyridine rings is 1. The lowest BCUT2D eigenvalue weighted by Crippen LogP contribution is -2.41. The Labute approximate surface area is 165 Å².